The predicted octanol–water partition coefficient (Wildman–Crippen LogP) is 4.63. The molecule has 0 amide bonds. The Balaban J connectivity index is 1.92. The van der Waals surface area contributed by atoms with E-state index >= 15 is 0 Å². The third-order valence-electron chi connectivity index (χ3n) is 3.55. The number of halogens is 3. The molecule has 3 aromatic rings. The van der Waals surface area contributed by atoms with Gasteiger partial charge in [0.15, 0.2) is 0 Å². The molecule has 0 bridgehead atoms. The van der Waals surface area contributed by atoms with Crippen molar-refractivity contribution in [3.05, 3.63) is 53.2 Å². The number of aryl methyl sites for hydroxylation is 1. The molecule has 3 rings (SSSR count). The fraction of sp³-hybridized carbons (Fsp3) is 0.235. The second kappa shape index (κ2) is 6.99. The summed E-state index contributed by atoms with van der Waals surface area (Å²) in [6.07, 6.45) is -4.64. The molecule has 2 aromatic heterocycles. The number of hydrogen-bond donors (Lipinski definition) is 0. The minimum Gasteiger partial charge on any atom is -0.465 e. The second-order valence-corrected chi connectivity index (χ2v) is 6.29. The summed E-state index contributed by atoms with van der Waals surface area (Å²) in [5.41, 5.74) is 0.495. The molecule has 0 fully saturated rings. The minimum absolute atomic E-state index is 0.191. The average molecular weight is 382 g/mol. The number of esters is 1. The van der Waals surface area contributed by atoms with Gasteiger partial charge in [0.2, 0.25) is 5.82 Å². The lowest BCUT2D eigenvalue weighted by Gasteiger charge is -2.09. The van der Waals surface area contributed by atoms with Gasteiger partial charge in [-0.05, 0) is 19.1 Å². The Hall–Kier alpha value is -2.55. The van der Waals surface area contributed by atoms with Crippen LogP contribution in [0, 0.1) is 6.92 Å². The van der Waals surface area contributed by atoms with Crippen molar-refractivity contribution in [2.24, 2.45) is 0 Å². The molecular weight excluding hydrogens is 369 g/mol. The highest BCUT2D eigenvalue weighted by Crippen LogP contribution is 2.33. The van der Waals surface area contributed by atoms with E-state index in [1.54, 1.807) is 25.1 Å². The Labute approximate surface area is 150 Å². The number of benzene rings is 1. The molecule has 2 heterocycles. The van der Waals surface area contributed by atoms with Crippen LogP contribution in [0.3, 0.4) is 0 Å². The van der Waals surface area contributed by atoms with E-state index in [1.165, 1.54) is 19.2 Å². The molecule has 0 saturated heterocycles. The Morgan fingerprint density at radius 1 is 1.27 bits per heavy atom. The molecule has 5 nitrogen and oxygen atoms in total. The van der Waals surface area contributed by atoms with Crippen LogP contribution in [0.4, 0.5) is 13.2 Å². The maximum atomic E-state index is 13.0. The Bertz CT molecular complexity index is 970. The fourth-order valence-electron chi connectivity index (χ4n) is 2.35. The number of hydrogen-bond acceptors (Lipinski definition) is 6. The SMILES string of the molecule is COC(=O)c1cc(CSc2nc(C(F)(F)F)nc3ccccc23)oc1C. The molecular formula is C17H13F3N2O3S. The van der Waals surface area contributed by atoms with Crippen molar-refractivity contribution in [2.45, 2.75) is 23.9 Å². The van der Waals surface area contributed by atoms with E-state index in [9.17, 15) is 18.0 Å². The number of nitrogens with zero attached hydrogens (tertiary/aromatic N) is 2. The van der Waals surface area contributed by atoms with Crippen molar-refractivity contribution >= 4 is 28.6 Å². The Morgan fingerprint density at radius 3 is 2.69 bits per heavy atom. The molecule has 0 unspecified atom stereocenters. The first-order valence-corrected chi connectivity index (χ1v) is 8.42. The van der Waals surface area contributed by atoms with Gasteiger partial charge in [0.1, 0.15) is 22.1 Å². The van der Waals surface area contributed by atoms with Crippen LogP contribution >= 0.6 is 11.8 Å². The lowest BCUT2D eigenvalue weighted by molar-refractivity contribution is -0.145. The Morgan fingerprint density at radius 2 is 2.00 bits per heavy atom. The van der Waals surface area contributed by atoms with Crippen LogP contribution in [0.2, 0.25) is 0 Å². The number of alkyl halides is 3. The zero-order chi connectivity index (χ0) is 18.9. The summed E-state index contributed by atoms with van der Waals surface area (Å²) in [7, 11) is 1.26. The van der Waals surface area contributed by atoms with E-state index in [0.29, 0.717) is 16.9 Å². The van der Waals surface area contributed by atoms with E-state index < -0.39 is 18.0 Å². The third-order valence-corrected chi connectivity index (χ3v) is 4.56. The number of furan rings is 1. The van der Waals surface area contributed by atoms with Crippen LogP contribution < -0.4 is 0 Å². The van der Waals surface area contributed by atoms with Crippen LogP contribution in [-0.2, 0) is 16.7 Å². The summed E-state index contributed by atoms with van der Waals surface area (Å²) < 4.78 is 49.3. The van der Waals surface area contributed by atoms with E-state index in [1.807, 2.05) is 0 Å². The maximum Gasteiger partial charge on any atom is 0.451 e. The first kappa shape index (κ1) is 18.2. The van der Waals surface area contributed by atoms with Gasteiger partial charge in [-0.3, -0.25) is 0 Å². The molecule has 0 aliphatic carbocycles. The van der Waals surface area contributed by atoms with Crippen molar-refractivity contribution in [3.63, 3.8) is 0 Å². The Kier molecular flexibility index (Phi) is 4.90. The molecule has 9 heteroatoms. The van der Waals surface area contributed by atoms with Gasteiger partial charge >= 0.3 is 12.1 Å². The normalized spacial score (nSPS) is 11.7. The first-order chi connectivity index (χ1) is 12.3. The van der Waals surface area contributed by atoms with Crippen LogP contribution in [0.1, 0.15) is 27.7 Å². The number of thioether (sulfide) groups is 1. The van der Waals surface area contributed by atoms with Gasteiger partial charge in [0, 0.05) is 5.39 Å². The monoisotopic (exact) mass is 382 g/mol. The molecule has 0 radical (unpaired) electrons. The molecule has 0 saturated carbocycles. The highest BCUT2D eigenvalue weighted by atomic mass is 32.2. The van der Waals surface area contributed by atoms with Gasteiger partial charge in [0.25, 0.3) is 0 Å². The highest BCUT2D eigenvalue weighted by Gasteiger charge is 2.35. The first-order valence-electron chi connectivity index (χ1n) is 7.44. The quantitative estimate of drug-likeness (QED) is 0.372. The largest absolute Gasteiger partial charge is 0.465 e. The number of aromatic nitrogens is 2. The zero-order valence-corrected chi connectivity index (χ0v) is 14.6. The summed E-state index contributed by atoms with van der Waals surface area (Å²) in [6.45, 7) is 1.61. The van der Waals surface area contributed by atoms with E-state index in [4.69, 9.17) is 4.42 Å². The molecule has 0 aliphatic heterocycles. The third kappa shape index (κ3) is 3.67. The zero-order valence-electron chi connectivity index (χ0n) is 13.8. The van der Waals surface area contributed by atoms with Gasteiger partial charge in [-0.25, -0.2) is 14.8 Å². The summed E-state index contributed by atoms with van der Waals surface area (Å²) in [5, 5.41) is 0.707. The maximum absolute atomic E-state index is 13.0. The number of carbonyl (C=O) groups excluding carboxylic acids is 1. The lowest BCUT2D eigenvalue weighted by atomic mass is 10.2. The molecule has 26 heavy (non-hydrogen) atoms. The van der Waals surface area contributed by atoms with Gasteiger partial charge in [-0.1, -0.05) is 30.0 Å². The number of fused-ring (bicyclic) bond motifs is 1. The summed E-state index contributed by atoms with van der Waals surface area (Å²) >= 11 is 1.08. The minimum atomic E-state index is -4.64. The van der Waals surface area contributed by atoms with Crippen LogP contribution in [0.15, 0.2) is 39.8 Å². The van der Waals surface area contributed by atoms with Crippen LogP contribution in [0.25, 0.3) is 10.9 Å². The number of carbonyl (C=O) groups is 1. The van der Waals surface area contributed by atoms with E-state index in [0.717, 1.165) is 11.8 Å². The van der Waals surface area contributed by atoms with Crippen molar-refractivity contribution in [2.75, 3.05) is 7.11 Å². The predicted molar refractivity (Wildman–Crippen MR) is 88.9 cm³/mol. The molecule has 0 atom stereocenters. The van der Waals surface area contributed by atoms with Crippen LogP contribution in [0.5, 0.6) is 0 Å². The van der Waals surface area contributed by atoms with Gasteiger partial charge in [-0.15, -0.1) is 0 Å². The topological polar surface area (TPSA) is 65.2 Å². The van der Waals surface area contributed by atoms with Crippen molar-refractivity contribution in [1.29, 1.82) is 0 Å². The summed E-state index contributed by atoms with van der Waals surface area (Å²) in [6, 6.07) is 7.99. The van der Waals surface area contributed by atoms with Gasteiger partial charge in [0.05, 0.1) is 18.4 Å². The highest BCUT2D eigenvalue weighted by molar-refractivity contribution is 7.98. The number of para-hydroxylation sites is 1. The summed E-state index contributed by atoms with van der Waals surface area (Å²) in [5.74, 6) is -0.699. The number of methoxy groups -OCH3 is 1. The summed E-state index contributed by atoms with van der Waals surface area (Å²) in [4.78, 5) is 18.9. The number of rotatable bonds is 4. The van der Waals surface area contributed by atoms with Crippen molar-refractivity contribution < 1.29 is 27.1 Å². The smallest absolute Gasteiger partial charge is 0.451 e. The standard InChI is InChI=1S/C17H13F3N2O3S/c1-9-12(15(23)24-2)7-10(25-9)8-26-14-11-5-3-4-6-13(11)21-16(22-14)17(18,19)20/h3-7H,8H2,1-2H3. The lowest BCUT2D eigenvalue weighted by Crippen LogP contribution is -2.11. The molecule has 0 aliphatic rings. The van der Waals surface area contributed by atoms with Gasteiger partial charge in [-0.2, -0.15) is 13.2 Å². The second-order valence-electron chi connectivity index (χ2n) is 5.33. The van der Waals surface area contributed by atoms with Crippen molar-refractivity contribution in [3.8, 4) is 0 Å². The number of ether oxygens (including phenoxy) is 1. The average Bonchev–Trinajstić information content (AvgIpc) is 2.98. The van der Waals surface area contributed by atoms with Crippen molar-refractivity contribution in [1.82, 2.24) is 9.97 Å². The fourth-order valence-corrected chi connectivity index (χ4v) is 3.25. The van der Waals surface area contributed by atoms with Crippen LogP contribution in [-0.4, -0.2) is 23.0 Å². The van der Waals surface area contributed by atoms with E-state index in [2.05, 4.69) is 14.7 Å². The molecule has 0 spiro atoms. The molecule has 136 valence electrons. The molecule has 0 N–H and O–H groups in total. The van der Waals surface area contributed by atoms with Gasteiger partial charge < -0.3 is 9.15 Å². The molecule has 1 aromatic carbocycles. The van der Waals surface area contributed by atoms with E-state index in [-0.39, 0.29) is 21.9 Å².